The molecule has 37 heavy (non-hydrogen) atoms. The third kappa shape index (κ3) is 5.90. The van der Waals surface area contributed by atoms with E-state index in [4.69, 9.17) is 14.3 Å². The molecule has 0 radical (unpaired) electrons. The van der Waals surface area contributed by atoms with Crippen LogP contribution in [0.1, 0.15) is 11.1 Å². The number of ether oxygens (including phenoxy) is 1. The van der Waals surface area contributed by atoms with Gasteiger partial charge in [0.15, 0.2) is 0 Å². The number of aromatic nitrogens is 4. The molecule has 0 aliphatic heterocycles. The van der Waals surface area contributed by atoms with E-state index < -0.39 is 0 Å². The largest absolute Gasteiger partial charge is 0.497 e. The van der Waals surface area contributed by atoms with Gasteiger partial charge in [0.2, 0.25) is 5.91 Å². The molecule has 0 fully saturated rings. The van der Waals surface area contributed by atoms with Gasteiger partial charge in [0.1, 0.15) is 11.4 Å². The lowest BCUT2D eigenvalue weighted by atomic mass is 10.1. The van der Waals surface area contributed by atoms with Crippen LogP contribution in [-0.4, -0.2) is 38.7 Å². The minimum Gasteiger partial charge on any atom is -0.497 e. The van der Waals surface area contributed by atoms with Crippen molar-refractivity contribution in [3.05, 3.63) is 96.1 Å². The van der Waals surface area contributed by atoms with Crippen LogP contribution in [0.5, 0.6) is 5.75 Å². The highest BCUT2D eigenvalue weighted by Crippen LogP contribution is 2.29. The summed E-state index contributed by atoms with van der Waals surface area (Å²) in [6.45, 7) is 2.49. The minimum absolute atomic E-state index is 0.144. The van der Waals surface area contributed by atoms with Crippen molar-refractivity contribution in [2.75, 3.05) is 18.2 Å². The van der Waals surface area contributed by atoms with Crippen molar-refractivity contribution in [1.82, 2.24) is 20.0 Å². The number of benzene rings is 3. The maximum absolute atomic E-state index is 12.4. The quantitative estimate of drug-likeness (QED) is 0.254. The standard InChI is InChI=1S/C28H25N5O3S/c1-19-8-6-7-11-23(19)29-26(34)18-37-28-31-30-27(36-28)25-16-24(21-12-14-22(35-2)15-13-21)32-33(25)17-20-9-4-3-5-10-20/h3-16H,17-18H2,1-2H3,(H,29,34). The first-order valence-electron chi connectivity index (χ1n) is 11.7. The number of methoxy groups -OCH3 is 1. The van der Waals surface area contributed by atoms with Gasteiger partial charge in [-0.1, -0.05) is 60.3 Å². The Hall–Kier alpha value is -4.37. The number of anilines is 1. The molecule has 0 unspecified atom stereocenters. The maximum atomic E-state index is 12.4. The first-order valence-corrected chi connectivity index (χ1v) is 12.7. The van der Waals surface area contributed by atoms with Crippen LogP contribution in [-0.2, 0) is 11.3 Å². The van der Waals surface area contributed by atoms with Gasteiger partial charge in [0.25, 0.3) is 11.1 Å². The summed E-state index contributed by atoms with van der Waals surface area (Å²) in [6.07, 6.45) is 0. The Bertz CT molecular complexity index is 1500. The SMILES string of the molecule is COc1ccc(-c2cc(-c3nnc(SCC(=O)Nc4ccccc4C)o3)n(Cc3ccccc3)n2)cc1. The molecule has 5 rings (SSSR count). The first kappa shape index (κ1) is 24.3. The zero-order valence-corrected chi connectivity index (χ0v) is 21.2. The predicted octanol–water partition coefficient (Wildman–Crippen LogP) is 5.70. The molecular weight excluding hydrogens is 486 g/mol. The van der Waals surface area contributed by atoms with Gasteiger partial charge in [-0.25, -0.2) is 0 Å². The zero-order chi connectivity index (χ0) is 25.6. The van der Waals surface area contributed by atoms with Crippen LogP contribution in [0.2, 0.25) is 0 Å². The zero-order valence-electron chi connectivity index (χ0n) is 20.4. The molecule has 0 saturated carbocycles. The second-order valence-electron chi connectivity index (χ2n) is 8.31. The molecular formula is C28H25N5O3S. The Labute approximate surface area is 218 Å². The highest BCUT2D eigenvalue weighted by molar-refractivity contribution is 7.99. The number of para-hydroxylation sites is 1. The van der Waals surface area contributed by atoms with Crippen LogP contribution in [0.25, 0.3) is 22.8 Å². The fourth-order valence-electron chi connectivity index (χ4n) is 3.77. The predicted molar refractivity (Wildman–Crippen MR) is 144 cm³/mol. The van der Waals surface area contributed by atoms with E-state index in [2.05, 4.69) is 15.5 Å². The van der Waals surface area contributed by atoms with Gasteiger partial charge in [0, 0.05) is 11.3 Å². The molecule has 0 spiro atoms. The summed E-state index contributed by atoms with van der Waals surface area (Å²) < 4.78 is 13.1. The number of hydrogen-bond acceptors (Lipinski definition) is 7. The van der Waals surface area contributed by atoms with Crippen LogP contribution in [0, 0.1) is 6.92 Å². The Kier molecular flexibility index (Phi) is 7.32. The Morgan fingerprint density at radius 1 is 1.00 bits per heavy atom. The average molecular weight is 512 g/mol. The van der Waals surface area contributed by atoms with Crippen LogP contribution in [0.15, 0.2) is 94.6 Å². The molecule has 3 aromatic carbocycles. The maximum Gasteiger partial charge on any atom is 0.277 e. The number of carbonyl (C=O) groups is 1. The summed E-state index contributed by atoms with van der Waals surface area (Å²) in [4.78, 5) is 12.4. The lowest BCUT2D eigenvalue weighted by Crippen LogP contribution is -2.14. The van der Waals surface area contributed by atoms with Crippen LogP contribution in [0.4, 0.5) is 5.69 Å². The summed E-state index contributed by atoms with van der Waals surface area (Å²) >= 11 is 1.19. The van der Waals surface area contributed by atoms with Crippen molar-refractivity contribution >= 4 is 23.4 Å². The normalized spacial score (nSPS) is 10.9. The highest BCUT2D eigenvalue weighted by Gasteiger charge is 2.18. The molecule has 2 aromatic heterocycles. The Morgan fingerprint density at radius 2 is 1.76 bits per heavy atom. The molecule has 0 saturated heterocycles. The topological polar surface area (TPSA) is 95.1 Å². The summed E-state index contributed by atoms with van der Waals surface area (Å²) in [5, 5.41) is 16.4. The molecule has 9 heteroatoms. The van der Waals surface area contributed by atoms with Gasteiger partial charge < -0.3 is 14.5 Å². The highest BCUT2D eigenvalue weighted by atomic mass is 32.2. The van der Waals surface area contributed by atoms with E-state index in [-0.39, 0.29) is 11.7 Å². The van der Waals surface area contributed by atoms with Gasteiger partial charge in [-0.3, -0.25) is 9.48 Å². The van der Waals surface area contributed by atoms with E-state index in [9.17, 15) is 4.79 Å². The number of carbonyl (C=O) groups excluding carboxylic acids is 1. The number of hydrogen-bond donors (Lipinski definition) is 1. The average Bonchev–Trinajstić information content (AvgIpc) is 3.57. The van der Waals surface area contributed by atoms with Crippen LogP contribution in [0.3, 0.4) is 0 Å². The smallest absolute Gasteiger partial charge is 0.277 e. The molecule has 186 valence electrons. The molecule has 1 amide bonds. The lowest BCUT2D eigenvalue weighted by Gasteiger charge is -2.06. The molecule has 0 atom stereocenters. The lowest BCUT2D eigenvalue weighted by molar-refractivity contribution is -0.113. The summed E-state index contributed by atoms with van der Waals surface area (Å²) in [5.74, 6) is 1.12. The summed E-state index contributed by atoms with van der Waals surface area (Å²) in [6, 6.07) is 27.3. The second kappa shape index (κ2) is 11.1. The second-order valence-corrected chi connectivity index (χ2v) is 9.24. The van der Waals surface area contributed by atoms with Crippen molar-refractivity contribution in [2.24, 2.45) is 0 Å². The molecule has 0 bridgehead atoms. The van der Waals surface area contributed by atoms with E-state index in [0.29, 0.717) is 23.4 Å². The van der Waals surface area contributed by atoms with Crippen molar-refractivity contribution < 1.29 is 13.9 Å². The van der Waals surface area contributed by atoms with Gasteiger partial charge in [-0.2, -0.15) is 5.10 Å². The number of amides is 1. The van der Waals surface area contributed by atoms with E-state index in [0.717, 1.165) is 33.8 Å². The van der Waals surface area contributed by atoms with E-state index in [1.807, 2.05) is 96.5 Å². The van der Waals surface area contributed by atoms with Crippen molar-refractivity contribution in [1.29, 1.82) is 0 Å². The van der Waals surface area contributed by atoms with Gasteiger partial charge in [-0.05, 0) is 54.4 Å². The van der Waals surface area contributed by atoms with E-state index in [1.54, 1.807) is 7.11 Å². The van der Waals surface area contributed by atoms with Crippen LogP contribution >= 0.6 is 11.8 Å². The summed E-state index contributed by atoms with van der Waals surface area (Å²) in [7, 11) is 1.64. The molecule has 2 heterocycles. The molecule has 0 aliphatic carbocycles. The van der Waals surface area contributed by atoms with Crippen molar-refractivity contribution in [3.8, 4) is 28.6 Å². The number of nitrogens with zero attached hydrogens (tertiary/aromatic N) is 4. The minimum atomic E-state index is -0.144. The van der Waals surface area contributed by atoms with Gasteiger partial charge in [0.05, 0.1) is 25.1 Å². The number of aryl methyl sites for hydroxylation is 1. The van der Waals surface area contributed by atoms with E-state index >= 15 is 0 Å². The number of nitrogens with one attached hydrogen (secondary N) is 1. The summed E-state index contributed by atoms with van der Waals surface area (Å²) in [5.41, 5.74) is 5.29. The fourth-order valence-corrected chi connectivity index (χ4v) is 4.33. The van der Waals surface area contributed by atoms with Gasteiger partial charge >= 0.3 is 0 Å². The van der Waals surface area contributed by atoms with Crippen molar-refractivity contribution in [3.63, 3.8) is 0 Å². The first-order chi connectivity index (χ1) is 18.1. The number of thioether (sulfide) groups is 1. The third-order valence-electron chi connectivity index (χ3n) is 5.71. The molecule has 0 aliphatic rings. The monoisotopic (exact) mass is 511 g/mol. The Morgan fingerprint density at radius 3 is 2.51 bits per heavy atom. The van der Waals surface area contributed by atoms with Crippen molar-refractivity contribution in [2.45, 2.75) is 18.7 Å². The molecule has 8 nitrogen and oxygen atoms in total. The fraction of sp³-hybridized carbons (Fsp3) is 0.143. The number of rotatable bonds is 9. The third-order valence-corrected chi connectivity index (χ3v) is 6.53. The van der Waals surface area contributed by atoms with Gasteiger partial charge in [-0.15, -0.1) is 10.2 Å². The Balaban J connectivity index is 1.36. The van der Waals surface area contributed by atoms with Crippen LogP contribution < -0.4 is 10.1 Å². The van der Waals surface area contributed by atoms with E-state index in [1.165, 1.54) is 11.8 Å². The molecule has 5 aromatic rings. The molecule has 1 N–H and O–H groups in total.